The zero-order chi connectivity index (χ0) is 23.6. The Kier molecular flexibility index (Phi) is 7.91. The van der Waals surface area contributed by atoms with Crippen LogP contribution in [0.1, 0.15) is 22.8 Å². The van der Waals surface area contributed by atoms with Crippen molar-refractivity contribution in [2.75, 3.05) is 17.2 Å². The maximum Gasteiger partial charge on any atom is 0.513 e. The van der Waals surface area contributed by atoms with Crippen LogP contribution in [0.15, 0.2) is 78.9 Å². The van der Waals surface area contributed by atoms with E-state index >= 15 is 0 Å². The van der Waals surface area contributed by atoms with Crippen molar-refractivity contribution in [3.63, 3.8) is 0 Å². The van der Waals surface area contributed by atoms with Gasteiger partial charge in [0.25, 0.3) is 5.91 Å². The molecule has 0 aromatic heterocycles. The molecule has 2 amide bonds. The summed E-state index contributed by atoms with van der Waals surface area (Å²) < 4.78 is 22.6. The van der Waals surface area contributed by atoms with Gasteiger partial charge >= 0.3 is 6.16 Å². The predicted octanol–water partition coefficient (Wildman–Crippen LogP) is 5.27. The van der Waals surface area contributed by atoms with Crippen molar-refractivity contribution in [3.05, 3.63) is 95.8 Å². The first-order valence-electron chi connectivity index (χ1n) is 10.0. The molecule has 0 spiro atoms. The first kappa shape index (κ1) is 23.2. The van der Waals surface area contributed by atoms with Gasteiger partial charge in [-0.15, -0.1) is 0 Å². The highest BCUT2D eigenvalue weighted by molar-refractivity contribution is 6.05. The van der Waals surface area contributed by atoms with Gasteiger partial charge < -0.3 is 20.1 Å². The molecule has 3 rings (SSSR count). The van der Waals surface area contributed by atoms with E-state index < -0.39 is 6.16 Å². The summed E-state index contributed by atoms with van der Waals surface area (Å²) in [5.74, 6) is -0.850. The molecule has 0 fully saturated rings. The third-order valence-electron chi connectivity index (χ3n) is 4.27. The summed E-state index contributed by atoms with van der Waals surface area (Å²) in [6, 6.07) is 18.4. The zero-order valence-electron chi connectivity index (χ0n) is 17.7. The normalized spacial score (nSPS) is 10.5. The van der Waals surface area contributed by atoms with Gasteiger partial charge in [-0.25, -0.2) is 9.18 Å². The Balaban J connectivity index is 1.57. The van der Waals surface area contributed by atoms with Gasteiger partial charge in [0.2, 0.25) is 5.91 Å². The van der Waals surface area contributed by atoms with Crippen LogP contribution in [0.2, 0.25) is 0 Å². The number of halogens is 1. The molecular weight excluding hydrogens is 427 g/mol. The van der Waals surface area contributed by atoms with Crippen LogP contribution in [-0.2, 0) is 9.53 Å². The summed E-state index contributed by atoms with van der Waals surface area (Å²) in [5, 5.41) is 5.44. The SMILES string of the molecule is CCOC(=O)Oc1ccc(C(=O)Nc2cccc(NC(=O)/C=C/c3ccc(F)cc3)c2)cc1. The lowest BCUT2D eigenvalue weighted by atomic mass is 10.2. The van der Waals surface area contributed by atoms with Crippen LogP contribution in [0.3, 0.4) is 0 Å². The molecule has 3 aromatic rings. The van der Waals surface area contributed by atoms with Crippen LogP contribution >= 0.6 is 0 Å². The van der Waals surface area contributed by atoms with Crippen molar-refractivity contribution in [1.82, 2.24) is 0 Å². The third-order valence-corrected chi connectivity index (χ3v) is 4.27. The highest BCUT2D eigenvalue weighted by atomic mass is 19.1. The minimum absolute atomic E-state index is 0.198. The maximum atomic E-state index is 12.9. The maximum absolute atomic E-state index is 12.9. The summed E-state index contributed by atoms with van der Waals surface area (Å²) in [4.78, 5) is 36.0. The second-order valence-electron chi connectivity index (χ2n) is 6.72. The Morgan fingerprint density at radius 1 is 0.909 bits per heavy atom. The second-order valence-corrected chi connectivity index (χ2v) is 6.72. The monoisotopic (exact) mass is 448 g/mol. The van der Waals surface area contributed by atoms with Crippen molar-refractivity contribution >= 4 is 35.4 Å². The Morgan fingerprint density at radius 3 is 2.24 bits per heavy atom. The van der Waals surface area contributed by atoms with Crippen LogP contribution in [0, 0.1) is 5.82 Å². The minimum atomic E-state index is -0.818. The molecule has 0 aliphatic heterocycles. The van der Waals surface area contributed by atoms with Gasteiger partial charge in [-0.2, -0.15) is 0 Å². The van der Waals surface area contributed by atoms with E-state index in [4.69, 9.17) is 9.47 Å². The minimum Gasteiger partial charge on any atom is -0.434 e. The number of carbonyl (C=O) groups is 3. The fourth-order valence-corrected chi connectivity index (χ4v) is 2.73. The molecule has 33 heavy (non-hydrogen) atoms. The summed E-state index contributed by atoms with van der Waals surface area (Å²) in [6.07, 6.45) is 2.08. The predicted molar refractivity (Wildman–Crippen MR) is 123 cm³/mol. The summed E-state index contributed by atoms with van der Waals surface area (Å²) in [5.41, 5.74) is 2.00. The molecule has 0 atom stereocenters. The van der Waals surface area contributed by atoms with E-state index in [2.05, 4.69) is 10.6 Å². The number of anilines is 2. The van der Waals surface area contributed by atoms with Crippen molar-refractivity contribution < 1.29 is 28.2 Å². The van der Waals surface area contributed by atoms with Crippen LogP contribution in [0.25, 0.3) is 6.08 Å². The topological polar surface area (TPSA) is 93.7 Å². The molecular formula is C25H21FN2O5. The summed E-state index contributed by atoms with van der Waals surface area (Å²) in [7, 11) is 0. The molecule has 8 heteroatoms. The van der Waals surface area contributed by atoms with Gasteiger partial charge in [-0.1, -0.05) is 18.2 Å². The van der Waals surface area contributed by atoms with E-state index in [-0.39, 0.29) is 30.0 Å². The van der Waals surface area contributed by atoms with Gasteiger partial charge in [-0.05, 0) is 73.2 Å². The van der Waals surface area contributed by atoms with E-state index in [9.17, 15) is 18.8 Å². The Bertz CT molecular complexity index is 1160. The lowest BCUT2D eigenvalue weighted by Gasteiger charge is -2.09. The number of rotatable bonds is 7. The van der Waals surface area contributed by atoms with Gasteiger partial charge in [0.05, 0.1) is 6.61 Å². The van der Waals surface area contributed by atoms with Gasteiger partial charge in [-0.3, -0.25) is 9.59 Å². The highest BCUT2D eigenvalue weighted by Crippen LogP contribution is 2.18. The molecule has 3 aromatic carbocycles. The van der Waals surface area contributed by atoms with Crippen LogP contribution in [-0.4, -0.2) is 24.6 Å². The fourth-order valence-electron chi connectivity index (χ4n) is 2.73. The largest absolute Gasteiger partial charge is 0.513 e. The van der Waals surface area contributed by atoms with Gasteiger partial charge in [0.1, 0.15) is 11.6 Å². The van der Waals surface area contributed by atoms with E-state index in [0.29, 0.717) is 22.5 Å². The second kappa shape index (κ2) is 11.2. The molecule has 0 aliphatic rings. The molecule has 0 bridgehead atoms. The van der Waals surface area contributed by atoms with Crippen molar-refractivity contribution in [2.24, 2.45) is 0 Å². The first-order valence-corrected chi connectivity index (χ1v) is 10.0. The van der Waals surface area contributed by atoms with Crippen molar-refractivity contribution in [1.29, 1.82) is 0 Å². The van der Waals surface area contributed by atoms with Crippen LogP contribution < -0.4 is 15.4 Å². The van der Waals surface area contributed by atoms with Gasteiger partial charge in [0, 0.05) is 23.0 Å². The summed E-state index contributed by atoms with van der Waals surface area (Å²) in [6.45, 7) is 1.86. The van der Waals surface area contributed by atoms with E-state index in [1.165, 1.54) is 42.5 Å². The quantitative estimate of drug-likeness (QED) is 0.292. The molecule has 0 saturated heterocycles. The third kappa shape index (κ3) is 7.32. The van der Waals surface area contributed by atoms with E-state index in [0.717, 1.165) is 0 Å². The molecule has 0 aliphatic carbocycles. The molecule has 0 saturated carbocycles. The fraction of sp³-hybridized carbons (Fsp3) is 0.0800. The Hall–Kier alpha value is -4.46. The molecule has 168 valence electrons. The number of benzene rings is 3. The number of amides is 2. The number of hydrogen-bond acceptors (Lipinski definition) is 5. The Morgan fingerprint density at radius 2 is 1.58 bits per heavy atom. The van der Waals surface area contributed by atoms with Gasteiger partial charge in [0.15, 0.2) is 0 Å². The molecule has 0 radical (unpaired) electrons. The van der Waals surface area contributed by atoms with E-state index in [1.807, 2.05) is 0 Å². The Labute approximate surface area is 189 Å². The van der Waals surface area contributed by atoms with Crippen molar-refractivity contribution in [3.8, 4) is 5.75 Å². The number of nitrogens with one attached hydrogen (secondary N) is 2. The van der Waals surface area contributed by atoms with E-state index in [1.54, 1.807) is 49.4 Å². The highest BCUT2D eigenvalue weighted by Gasteiger charge is 2.09. The number of ether oxygens (including phenoxy) is 2. The lowest BCUT2D eigenvalue weighted by molar-refractivity contribution is -0.111. The molecule has 0 heterocycles. The molecule has 2 N–H and O–H groups in total. The first-order chi connectivity index (χ1) is 15.9. The standard InChI is InChI=1S/C25H21FN2O5/c1-2-32-25(31)33-22-13-9-18(10-14-22)24(30)28-21-5-3-4-20(16-21)27-23(29)15-8-17-6-11-19(26)12-7-17/h3-16H,2H2,1H3,(H,27,29)(H,28,30)/b15-8+. The van der Waals surface area contributed by atoms with Crippen LogP contribution in [0.5, 0.6) is 5.75 Å². The van der Waals surface area contributed by atoms with Crippen molar-refractivity contribution in [2.45, 2.75) is 6.92 Å². The van der Waals surface area contributed by atoms with Crippen LogP contribution in [0.4, 0.5) is 20.6 Å². The number of hydrogen-bond donors (Lipinski definition) is 2. The molecule has 0 unspecified atom stereocenters. The average molecular weight is 448 g/mol. The zero-order valence-corrected chi connectivity index (χ0v) is 17.7. The molecule has 7 nitrogen and oxygen atoms in total. The number of carbonyl (C=O) groups excluding carboxylic acids is 3. The average Bonchev–Trinajstić information content (AvgIpc) is 2.79. The summed E-state index contributed by atoms with van der Waals surface area (Å²) >= 11 is 0. The smallest absolute Gasteiger partial charge is 0.434 e. The lowest BCUT2D eigenvalue weighted by Crippen LogP contribution is -2.13.